The van der Waals surface area contributed by atoms with Gasteiger partial charge >= 0.3 is 0 Å². The highest BCUT2D eigenvalue weighted by Crippen LogP contribution is 2.49. The van der Waals surface area contributed by atoms with Crippen molar-refractivity contribution in [1.82, 2.24) is 0 Å². The van der Waals surface area contributed by atoms with Crippen molar-refractivity contribution in [3.63, 3.8) is 0 Å². The Morgan fingerprint density at radius 3 is 1.91 bits per heavy atom. The van der Waals surface area contributed by atoms with Gasteiger partial charge in [0.25, 0.3) is 0 Å². The van der Waals surface area contributed by atoms with Gasteiger partial charge in [-0.2, -0.15) is 0 Å². The van der Waals surface area contributed by atoms with Gasteiger partial charge in [0, 0.05) is 22.8 Å². The second-order valence-corrected chi connectivity index (χ2v) is 12.7. The fourth-order valence-electron chi connectivity index (χ4n) is 5.55. The number of ketones is 2. The number of carbonyl (C=O) groups is 2. The minimum atomic E-state index is -2.51. The summed E-state index contributed by atoms with van der Waals surface area (Å²) in [7, 11) is 0. The van der Waals surface area contributed by atoms with Gasteiger partial charge in [-0.3, -0.25) is 9.59 Å². The minimum Gasteiger partial charge on any atom is -0.507 e. The number of benzene rings is 2. The van der Waals surface area contributed by atoms with Crippen LogP contribution in [-0.4, -0.2) is 59.5 Å². The zero-order valence-corrected chi connectivity index (χ0v) is 26.3. The van der Waals surface area contributed by atoms with E-state index in [2.05, 4.69) is 19.1 Å². The average molecular weight is 595 g/mol. The third kappa shape index (κ3) is 7.03. The van der Waals surface area contributed by atoms with Crippen LogP contribution in [0, 0.1) is 13.8 Å². The van der Waals surface area contributed by atoms with Crippen molar-refractivity contribution in [2.75, 3.05) is 0 Å². The highest BCUT2D eigenvalue weighted by atomic mass is 16.3. The Bertz CT molecular complexity index is 1520. The van der Waals surface area contributed by atoms with Crippen molar-refractivity contribution in [1.29, 1.82) is 0 Å². The van der Waals surface area contributed by atoms with Gasteiger partial charge in [0.15, 0.2) is 5.60 Å². The molecule has 43 heavy (non-hydrogen) atoms. The molecule has 2 aromatic rings. The number of allylic oxidation sites excluding steroid dienone is 5. The molecule has 2 atom stereocenters. The first-order valence-corrected chi connectivity index (χ1v) is 14.8. The number of hydrogen-bond donors (Lipinski definition) is 6. The molecule has 0 aliphatic heterocycles. The highest BCUT2D eigenvalue weighted by Gasteiger charge is 2.51. The normalized spacial score (nSPS) is 19.0. The predicted octanol–water partition coefficient (Wildman–Crippen LogP) is 6.38. The van der Waals surface area contributed by atoms with Crippen LogP contribution in [0.3, 0.4) is 0 Å². The van der Waals surface area contributed by atoms with Gasteiger partial charge in [-0.15, -0.1) is 0 Å². The minimum absolute atomic E-state index is 0.0455. The van der Waals surface area contributed by atoms with Crippen molar-refractivity contribution in [3.8, 4) is 17.2 Å². The largest absolute Gasteiger partial charge is 0.507 e. The number of aryl methyl sites for hydroxylation is 1. The van der Waals surface area contributed by atoms with Crippen LogP contribution in [0.15, 0.2) is 41.0 Å². The summed E-state index contributed by atoms with van der Waals surface area (Å²) in [6.07, 6.45) is 9.19. The molecule has 0 bridgehead atoms. The van der Waals surface area contributed by atoms with E-state index in [4.69, 9.17) is 0 Å². The van der Waals surface area contributed by atoms with Gasteiger partial charge in [-0.1, -0.05) is 34.9 Å². The van der Waals surface area contributed by atoms with Crippen LogP contribution in [0.4, 0.5) is 0 Å². The molecule has 0 saturated carbocycles. The maximum Gasteiger partial charge on any atom is 0.207 e. The summed E-state index contributed by atoms with van der Waals surface area (Å²) in [5.74, 6) is -3.16. The molecule has 0 unspecified atom stereocenters. The highest BCUT2D eigenvalue weighted by molar-refractivity contribution is 6.36. The van der Waals surface area contributed by atoms with E-state index in [1.165, 1.54) is 24.1 Å². The summed E-state index contributed by atoms with van der Waals surface area (Å²) in [4.78, 5) is 27.1. The van der Waals surface area contributed by atoms with Crippen LogP contribution < -0.4 is 0 Å². The number of aliphatic hydroxyl groups is 3. The number of phenolic OH excluding ortho intramolecular Hbond substituents is 3. The number of phenols is 3. The molecule has 0 aromatic heterocycles. The lowest BCUT2D eigenvalue weighted by atomic mass is 9.73. The monoisotopic (exact) mass is 594 g/mol. The van der Waals surface area contributed by atoms with Crippen LogP contribution >= 0.6 is 0 Å². The maximum atomic E-state index is 13.6. The summed E-state index contributed by atoms with van der Waals surface area (Å²) < 4.78 is 0. The first-order chi connectivity index (χ1) is 19.9. The van der Waals surface area contributed by atoms with Crippen molar-refractivity contribution < 1.29 is 40.2 Å². The number of aromatic hydroxyl groups is 3. The first-order valence-electron chi connectivity index (χ1n) is 14.8. The van der Waals surface area contributed by atoms with Crippen molar-refractivity contribution in [3.05, 3.63) is 63.3 Å². The third-order valence-corrected chi connectivity index (χ3v) is 8.58. The Labute approximate surface area is 253 Å². The van der Waals surface area contributed by atoms with E-state index in [-0.39, 0.29) is 39.6 Å². The molecular formula is C35H46O8. The molecule has 1 aliphatic rings. The fraction of sp³-hybridized carbons (Fsp3) is 0.486. The van der Waals surface area contributed by atoms with E-state index in [1.54, 1.807) is 26.8 Å². The smallest absolute Gasteiger partial charge is 0.207 e. The van der Waals surface area contributed by atoms with E-state index in [0.29, 0.717) is 18.4 Å². The van der Waals surface area contributed by atoms with Gasteiger partial charge in [0.1, 0.15) is 17.2 Å². The molecule has 0 heterocycles. The van der Waals surface area contributed by atoms with Crippen LogP contribution in [0.5, 0.6) is 17.2 Å². The Hall–Kier alpha value is -3.46. The lowest BCUT2D eigenvalue weighted by molar-refractivity contribution is -0.0509. The predicted molar refractivity (Wildman–Crippen MR) is 168 cm³/mol. The van der Waals surface area contributed by atoms with Crippen molar-refractivity contribution in [2.45, 2.75) is 111 Å². The van der Waals surface area contributed by atoms with Crippen LogP contribution in [-0.2, 0) is 0 Å². The number of aliphatic hydroxyl groups excluding tert-OH is 1. The first kappa shape index (κ1) is 34.0. The lowest BCUT2D eigenvalue weighted by Gasteiger charge is -2.32. The molecule has 234 valence electrons. The Balaban J connectivity index is 1.67. The zero-order chi connectivity index (χ0) is 32.4. The van der Waals surface area contributed by atoms with Crippen LogP contribution in [0.1, 0.15) is 111 Å². The van der Waals surface area contributed by atoms with Crippen molar-refractivity contribution >= 4 is 22.3 Å². The molecular weight excluding hydrogens is 548 g/mol. The van der Waals surface area contributed by atoms with Crippen molar-refractivity contribution in [2.24, 2.45) is 0 Å². The molecule has 0 amide bonds. The third-order valence-electron chi connectivity index (χ3n) is 8.58. The second-order valence-electron chi connectivity index (χ2n) is 12.7. The zero-order valence-electron chi connectivity index (χ0n) is 26.3. The standard InChI is InChI=1S/C35H46O8/c1-19(10-8-12-20(2)14-15-25(37)34(6,7)42)11-9-13-21(3)16-17-35(43)32(40)27-24(36)18-22(4)26-28(27)29(33(35)41)31(39)23(5)30(26)38/h11-12,16,18,25,36-39,42-43H,8-10,13-15,17H2,1-7H3/t25-,35+/m1/s1. The van der Waals surface area contributed by atoms with Gasteiger partial charge in [0.2, 0.25) is 11.6 Å². The molecule has 8 heteroatoms. The summed E-state index contributed by atoms with van der Waals surface area (Å²) >= 11 is 0. The topological polar surface area (TPSA) is 156 Å². The van der Waals surface area contributed by atoms with Crippen LogP contribution in [0.2, 0.25) is 0 Å². The molecule has 0 radical (unpaired) electrons. The molecule has 0 fully saturated rings. The molecule has 2 aromatic carbocycles. The Morgan fingerprint density at radius 1 is 0.837 bits per heavy atom. The number of hydrogen-bond acceptors (Lipinski definition) is 8. The van der Waals surface area contributed by atoms with Gasteiger partial charge in [-0.05, 0) is 98.6 Å². The van der Waals surface area contributed by atoms with E-state index in [1.807, 2.05) is 13.8 Å². The van der Waals surface area contributed by atoms with E-state index < -0.39 is 40.4 Å². The van der Waals surface area contributed by atoms with Gasteiger partial charge in [-0.25, -0.2) is 0 Å². The molecule has 8 nitrogen and oxygen atoms in total. The summed E-state index contributed by atoms with van der Waals surface area (Å²) in [6, 6.07) is 1.31. The van der Waals surface area contributed by atoms with E-state index >= 15 is 0 Å². The van der Waals surface area contributed by atoms with E-state index in [0.717, 1.165) is 31.3 Å². The molecule has 6 N–H and O–H groups in total. The number of rotatable bonds is 12. The SMILES string of the molecule is CC(=CCCC(C)=CC[C@]1(O)C(=O)c2c(O)cc(C)c3c(O)c(C)c(O)c(c23)C1=O)CCC=C(C)CC[C@@H](O)C(C)(C)O. The molecule has 1 aliphatic carbocycles. The lowest BCUT2D eigenvalue weighted by Crippen LogP contribution is -2.49. The average Bonchev–Trinajstić information content (AvgIpc) is 2.91. The summed E-state index contributed by atoms with van der Waals surface area (Å²) in [5, 5.41) is 63.5. The van der Waals surface area contributed by atoms with E-state index in [9.17, 15) is 40.2 Å². The summed E-state index contributed by atoms with van der Waals surface area (Å²) in [5.41, 5.74) is -0.443. The van der Waals surface area contributed by atoms with Gasteiger partial charge in [0.05, 0.1) is 22.8 Å². The molecule has 0 spiro atoms. The molecule has 3 rings (SSSR count). The quantitative estimate of drug-likeness (QED) is 0.122. The number of Topliss-reactive ketones (excluding diaryl/α,β-unsaturated/α-hetero) is 2. The maximum absolute atomic E-state index is 13.6. The fourth-order valence-corrected chi connectivity index (χ4v) is 5.55. The number of carbonyl (C=O) groups excluding carboxylic acids is 2. The summed E-state index contributed by atoms with van der Waals surface area (Å²) in [6.45, 7) is 12.2. The Morgan fingerprint density at radius 2 is 1.35 bits per heavy atom. The second kappa shape index (κ2) is 13.0. The Kier molecular flexibility index (Phi) is 10.3. The molecule has 0 saturated heterocycles. The van der Waals surface area contributed by atoms with Gasteiger partial charge < -0.3 is 30.6 Å². The van der Waals surface area contributed by atoms with Crippen LogP contribution in [0.25, 0.3) is 10.8 Å².